The van der Waals surface area contributed by atoms with Crippen molar-refractivity contribution in [3.8, 4) is 17.6 Å². The average molecular weight is 516 g/mol. The van der Waals surface area contributed by atoms with Crippen molar-refractivity contribution in [1.82, 2.24) is 14.2 Å². The number of hydrogen-bond acceptors (Lipinski definition) is 7. The van der Waals surface area contributed by atoms with E-state index in [2.05, 4.69) is 16.8 Å². The number of carbonyl (C=O) groups excluding carboxylic acids is 1. The lowest BCUT2D eigenvalue weighted by Gasteiger charge is -2.37. The summed E-state index contributed by atoms with van der Waals surface area (Å²) in [5.74, 6) is 5.12. The molecule has 0 radical (unpaired) electrons. The van der Waals surface area contributed by atoms with Crippen LogP contribution in [0.15, 0.2) is 47.5 Å². The maximum Gasteiger partial charge on any atom is 0.247 e. The normalized spacial score (nSPS) is 20.9. The SMILES string of the molecule is C[C@H](CO)N1C[C@H](C)[C@@H](CN(C)C(=O)Cc2ccccn2)Oc2cc(C#C[C@@H](C)O)ccc2S1(=O)=O. The van der Waals surface area contributed by atoms with Crippen LogP contribution in [-0.4, -0.2) is 83.7 Å². The van der Waals surface area contributed by atoms with E-state index in [0.717, 1.165) is 0 Å². The lowest BCUT2D eigenvalue weighted by Crippen LogP contribution is -2.50. The Bertz CT molecular complexity index is 1220. The number of hydrogen-bond donors (Lipinski definition) is 2. The molecule has 2 aromatic rings. The molecular formula is C26H33N3O6S. The van der Waals surface area contributed by atoms with Crippen molar-refractivity contribution in [3.05, 3.63) is 53.9 Å². The summed E-state index contributed by atoms with van der Waals surface area (Å²) in [6.07, 6.45) is 0.389. The van der Waals surface area contributed by atoms with Crippen molar-refractivity contribution in [3.63, 3.8) is 0 Å². The number of ether oxygens (including phenoxy) is 1. The quantitative estimate of drug-likeness (QED) is 0.556. The van der Waals surface area contributed by atoms with Crippen molar-refractivity contribution in [1.29, 1.82) is 0 Å². The zero-order valence-corrected chi connectivity index (χ0v) is 21.8. The summed E-state index contributed by atoms with van der Waals surface area (Å²) in [6.45, 7) is 5.03. The van der Waals surface area contributed by atoms with E-state index in [0.29, 0.717) is 11.3 Å². The Morgan fingerprint density at radius 2 is 2.06 bits per heavy atom. The molecule has 9 nitrogen and oxygen atoms in total. The van der Waals surface area contributed by atoms with E-state index in [4.69, 9.17) is 4.74 Å². The molecule has 1 aliphatic rings. The van der Waals surface area contributed by atoms with Crippen LogP contribution in [0.25, 0.3) is 0 Å². The van der Waals surface area contributed by atoms with E-state index in [-0.39, 0.29) is 48.6 Å². The summed E-state index contributed by atoms with van der Waals surface area (Å²) in [4.78, 5) is 18.6. The van der Waals surface area contributed by atoms with Gasteiger partial charge in [0.15, 0.2) is 0 Å². The Balaban J connectivity index is 1.96. The molecule has 2 N–H and O–H groups in total. The van der Waals surface area contributed by atoms with Gasteiger partial charge < -0.3 is 19.8 Å². The molecular weight excluding hydrogens is 482 g/mol. The fourth-order valence-electron chi connectivity index (χ4n) is 3.87. The molecule has 1 aromatic carbocycles. The predicted molar refractivity (Wildman–Crippen MR) is 135 cm³/mol. The Morgan fingerprint density at radius 3 is 2.69 bits per heavy atom. The largest absolute Gasteiger partial charge is 0.487 e. The summed E-state index contributed by atoms with van der Waals surface area (Å²) < 4.78 is 34.6. The van der Waals surface area contributed by atoms with Gasteiger partial charge in [-0.1, -0.05) is 24.8 Å². The Morgan fingerprint density at radius 1 is 1.31 bits per heavy atom. The summed E-state index contributed by atoms with van der Waals surface area (Å²) in [7, 11) is -2.30. The molecule has 0 unspecified atom stereocenters. The van der Waals surface area contributed by atoms with Gasteiger partial charge in [0, 0.05) is 43.0 Å². The van der Waals surface area contributed by atoms with Gasteiger partial charge >= 0.3 is 0 Å². The fraction of sp³-hybridized carbons (Fsp3) is 0.462. The van der Waals surface area contributed by atoms with Crippen LogP contribution in [0, 0.1) is 17.8 Å². The van der Waals surface area contributed by atoms with Crippen molar-refractivity contribution in [2.45, 2.75) is 50.3 Å². The maximum absolute atomic E-state index is 13.5. The van der Waals surface area contributed by atoms with Crippen LogP contribution in [0.2, 0.25) is 0 Å². The molecule has 0 fully saturated rings. The highest BCUT2D eigenvalue weighted by Crippen LogP contribution is 2.34. The highest BCUT2D eigenvalue weighted by atomic mass is 32.2. The first-order chi connectivity index (χ1) is 17.0. The van der Waals surface area contributed by atoms with Gasteiger partial charge in [-0.3, -0.25) is 9.78 Å². The van der Waals surface area contributed by atoms with Crippen LogP contribution in [0.3, 0.4) is 0 Å². The number of aromatic nitrogens is 1. The zero-order chi connectivity index (χ0) is 26.5. The van der Waals surface area contributed by atoms with Gasteiger partial charge in [0.1, 0.15) is 22.9 Å². The molecule has 10 heteroatoms. The molecule has 1 amide bonds. The van der Waals surface area contributed by atoms with Gasteiger partial charge in [-0.05, 0) is 44.2 Å². The lowest BCUT2D eigenvalue weighted by molar-refractivity contribution is -0.130. The number of likely N-dealkylation sites (N-methyl/N-ethyl adjacent to an activating group) is 1. The maximum atomic E-state index is 13.5. The summed E-state index contributed by atoms with van der Waals surface area (Å²) >= 11 is 0. The monoisotopic (exact) mass is 515 g/mol. The molecule has 36 heavy (non-hydrogen) atoms. The van der Waals surface area contributed by atoms with E-state index < -0.39 is 28.3 Å². The molecule has 1 aromatic heterocycles. The van der Waals surface area contributed by atoms with Crippen molar-refractivity contribution in [2.75, 3.05) is 26.7 Å². The molecule has 0 saturated heterocycles. The summed E-state index contributed by atoms with van der Waals surface area (Å²) in [6, 6.07) is 9.25. The Labute approximate surface area is 212 Å². The third-order valence-electron chi connectivity index (χ3n) is 6.03. The zero-order valence-electron chi connectivity index (χ0n) is 21.0. The minimum atomic E-state index is -3.98. The average Bonchev–Trinajstić information content (AvgIpc) is 2.84. The first kappa shape index (κ1) is 27.6. The van der Waals surface area contributed by atoms with Crippen LogP contribution < -0.4 is 4.74 Å². The van der Waals surface area contributed by atoms with Crippen molar-refractivity contribution < 1.29 is 28.2 Å². The van der Waals surface area contributed by atoms with E-state index in [9.17, 15) is 23.4 Å². The second kappa shape index (κ2) is 11.8. The lowest BCUT2D eigenvalue weighted by atomic mass is 10.0. The van der Waals surface area contributed by atoms with Crippen molar-refractivity contribution >= 4 is 15.9 Å². The van der Waals surface area contributed by atoms with Gasteiger partial charge in [0.25, 0.3) is 0 Å². The van der Waals surface area contributed by atoms with E-state index >= 15 is 0 Å². The fourth-order valence-corrected chi connectivity index (χ4v) is 5.70. The number of carbonyl (C=O) groups is 1. The van der Waals surface area contributed by atoms with Gasteiger partial charge in [-0.25, -0.2) is 8.42 Å². The molecule has 0 bridgehead atoms. The Hall–Kier alpha value is -2.97. The van der Waals surface area contributed by atoms with E-state index in [1.165, 1.54) is 23.4 Å². The standard InChI is InChI=1S/C26H33N3O6S/c1-18-15-29(19(2)17-30)36(33,34)25-11-10-21(9-8-20(3)31)13-23(25)35-24(18)16-28(4)26(32)14-22-7-5-6-12-27-22/h5-7,10-13,18-20,24,30-31H,14-17H2,1-4H3/t18-,19+,20+,24+/m0/s1. The molecule has 3 rings (SSSR count). The van der Waals surface area contributed by atoms with Crippen LogP contribution in [-0.2, 0) is 21.2 Å². The highest BCUT2D eigenvalue weighted by Gasteiger charge is 2.38. The number of nitrogens with zero attached hydrogens (tertiary/aromatic N) is 3. The number of aliphatic hydroxyl groups is 2. The second-order valence-electron chi connectivity index (χ2n) is 9.12. The second-order valence-corrected chi connectivity index (χ2v) is 11.0. The van der Waals surface area contributed by atoms with Crippen LogP contribution >= 0.6 is 0 Å². The number of pyridine rings is 1. The number of benzene rings is 1. The third-order valence-corrected chi connectivity index (χ3v) is 8.05. The van der Waals surface area contributed by atoms with Gasteiger partial charge in [0.05, 0.1) is 19.6 Å². The van der Waals surface area contributed by atoms with Crippen LogP contribution in [0.5, 0.6) is 5.75 Å². The number of sulfonamides is 1. The highest BCUT2D eigenvalue weighted by molar-refractivity contribution is 7.89. The molecule has 0 spiro atoms. The predicted octanol–water partition coefficient (Wildman–Crippen LogP) is 1.28. The summed E-state index contributed by atoms with van der Waals surface area (Å²) in [5.41, 5.74) is 1.14. The van der Waals surface area contributed by atoms with Crippen molar-refractivity contribution in [2.24, 2.45) is 5.92 Å². The molecule has 1 aliphatic heterocycles. The summed E-state index contributed by atoms with van der Waals surface area (Å²) in [5, 5.41) is 19.3. The van der Waals surface area contributed by atoms with Gasteiger partial charge in [0.2, 0.25) is 15.9 Å². The first-order valence-corrected chi connectivity index (χ1v) is 13.2. The molecule has 2 heterocycles. The molecule has 194 valence electrons. The topological polar surface area (TPSA) is 120 Å². The molecule has 0 saturated carbocycles. The minimum absolute atomic E-state index is 0.0373. The molecule has 4 atom stereocenters. The molecule has 0 aliphatic carbocycles. The first-order valence-electron chi connectivity index (χ1n) is 11.8. The van der Waals surface area contributed by atoms with E-state index in [1.54, 1.807) is 43.3 Å². The minimum Gasteiger partial charge on any atom is -0.487 e. The Kier molecular flexibility index (Phi) is 9.08. The van der Waals surface area contributed by atoms with Gasteiger partial charge in [-0.15, -0.1) is 0 Å². The number of fused-ring (bicyclic) bond motifs is 1. The third kappa shape index (κ3) is 6.62. The van der Waals surface area contributed by atoms with E-state index in [1.807, 2.05) is 13.0 Å². The van der Waals surface area contributed by atoms with Gasteiger partial charge in [-0.2, -0.15) is 4.31 Å². The number of aliphatic hydroxyl groups excluding tert-OH is 2. The van der Waals surface area contributed by atoms with Crippen LogP contribution in [0.4, 0.5) is 0 Å². The number of amides is 1. The van der Waals surface area contributed by atoms with Crippen LogP contribution in [0.1, 0.15) is 32.0 Å². The number of rotatable bonds is 6. The smallest absolute Gasteiger partial charge is 0.247 e.